The molecule has 1 aliphatic carbocycles. The molecule has 1 spiro atoms. The molecule has 0 bridgehead atoms. The highest BCUT2D eigenvalue weighted by Gasteiger charge is 2.49. The third-order valence-electron chi connectivity index (χ3n) is 7.41. The second-order valence-electron chi connectivity index (χ2n) is 9.24. The Morgan fingerprint density at radius 1 is 1.00 bits per heavy atom. The molecule has 4 heteroatoms. The maximum absolute atomic E-state index is 13.9. The van der Waals surface area contributed by atoms with Crippen LogP contribution in [0, 0.1) is 5.41 Å². The number of nitrogens with zero attached hydrogens (tertiary/aromatic N) is 2. The summed E-state index contributed by atoms with van der Waals surface area (Å²) in [5.41, 5.74) is 0.687. The molecule has 2 aliphatic heterocycles. The van der Waals surface area contributed by atoms with Crippen LogP contribution < -0.4 is 0 Å². The van der Waals surface area contributed by atoms with Crippen molar-refractivity contribution in [2.45, 2.75) is 62.9 Å². The zero-order valence-electron chi connectivity index (χ0n) is 16.7. The minimum absolute atomic E-state index is 0.145. The third-order valence-corrected chi connectivity index (χ3v) is 7.41. The van der Waals surface area contributed by atoms with E-state index in [0.29, 0.717) is 12.5 Å². The van der Waals surface area contributed by atoms with Crippen molar-refractivity contribution in [1.82, 2.24) is 9.80 Å². The van der Waals surface area contributed by atoms with Crippen LogP contribution in [0.4, 0.5) is 0 Å². The molecular weight excluding hydrogens is 336 g/mol. The monoisotopic (exact) mass is 370 g/mol. The molecule has 4 nitrogen and oxygen atoms in total. The molecule has 1 aromatic carbocycles. The molecule has 148 valence electrons. The predicted octanol–water partition coefficient (Wildman–Crippen LogP) is 3.19. The number of aliphatic hydroxyl groups is 1. The van der Waals surface area contributed by atoms with Crippen molar-refractivity contribution in [1.29, 1.82) is 0 Å². The van der Waals surface area contributed by atoms with E-state index in [4.69, 9.17) is 0 Å². The summed E-state index contributed by atoms with van der Waals surface area (Å²) in [5.74, 6) is 0.313. The lowest BCUT2D eigenvalue weighted by atomic mass is 9.67. The third kappa shape index (κ3) is 3.42. The molecule has 2 saturated heterocycles. The van der Waals surface area contributed by atoms with E-state index in [0.717, 1.165) is 64.6 Å². The zero-order valence-corrected chi connectivity index (χ0v) is 16.7. The standard InChI is InChI=1S/C23H34N2O2/c1-24-16-11-20(26)22(17-24)12-8-15-25(18-22)21(27)23(13-6-3-7-14-23)19-9-4-2-5-10-19/h2,4-5,9-10,20,26H,3,6-8,11-18H2,1H3/t20-,22-/m0/s1. The second kappa shape index (κ2) is 7.56. The Morgan fingerprint density at radius 3 is 2.48 bits per heavy atom. The number of likely N-dealkylation sites (tertiary alicyclic amines) is 2. The van der Waals surface area contributed by atoms with E-state index in [1.807, 2.05) is 6.07 Å². The van der Waals surface area contributed by atoms with E-state index in [2.05, 4.69) is 41.1 Å². The minimum atomic E-state index is -0.358. The average molecular weight is 371 g/mol. The Hall–Kier alpha value is -1.39. The molecular formula is C23H34N2O2. The fraction of sp³-hybridized carbons (Fsp3) is 0.696. The maximum atomic E-state index is 13.9. The lowest BCUT2D eigenvalue weighted by Gasteiger charge is -2.52. The highest BCUT2D eigenvalue weighted by molar-refractivity contribution is 5.88. The summed E-state index contributed by atoms with van der Waals surface area (Å²) in [5, 5.41) is 10.8. The Kier molecular flexibility index (Phi) is 5.30. The molecule has 3 fully saturated rings. The SMILES string of the molecule is CN1CC[C@H](O)[C@@]2(CCCN(C(=O)C3(c4ccccc4)CCCCC3)C2)C1. The van der Waals surface area contributed by atoms with Gasteiger partial charge in [-0.05, 0) is 44.7 Å². The van der Waals surface area contributed by atoms with E-state index >= 15 is 0 Å². The van der Waals surface area contributed by atoms with Gasteiger partial charge < -0.3 is 14.9 Å². The predicted molar refractivity (Wildman–Crippen MR) is 108 cm³/mol. The Bertz CT molecular complexity index is 656. The van der Waals surface area contributed by atoms with Gasteiger partial charge in [0.1, 0.15) is 0 Å². The molecule has 4 rings (SSSR count). The molecule has 1 saturated carbocycles. The lowest BCUT2D eigenvalue weighted by molar-refractivity contribution is -0.148. The van der Waals surface area contributed by atoms with Crippen molar-refractivity contribution >= 4 is 5.91 Å². The van der Waals surface area contributed by atoms with Gasteiger partial charge in [0, 0.05) is 31.6 Å². The van der Waals surface area contributed by atoms with E-state index in [1.54, 1.807) is 0 Å². The van der Waals surface area contributed by atoms with Gasteiger partial charge in [0.2, 0.25) is 5.91 Å². The fourth-order valence-electron chi connectivity index (χ4n) is 5.95. The van der Waals surface area contributed by atoms with Crippen molar-refractivity contribution in [3.05, 3.63) is 35.9 Å². The van der Waals surface area contributed by atoms with Crippen LogP contribution in [0.25, 0.3) is 0 Å². The number of carbonyl (C=O) groups is 1. The Morgan fingerprint density at radius 2 is 1.74 bits per heavy atom. The van der Waals surface area contributed by atoms with Gasteiger partial charge in [0.15, 0.2) is 0 Å². The van der Waals surface area contributed by atoms with Gasteiger partial charge in [-0.25, -0.2) is 0 Å². The largest absolute Gasteiger partial charge is 0.392 e. The quantitative estimate of drug-likeness (QED) is 0.869. The minimum Gasteiger partial charge on any atom is -0.392 e. The first-order chi connectivity index (χ1) is 13.1. The van der Waals surface area contributed by atoms with Crippen LogP contribution in [0.1, 0.15) is 56.9 Å². The van der Waals surface area contributed by atoms with Crippen molar-refractivity contribution in [2.75, 3.05) is 33.2 Å². The summed E-state index contributed by atoms with van der Waals surface area (Å²) in [7, 11) is 2.14. The van der Waals surface area contributed by atoms with E-state index in [9.17, 15) is 9.90 Å². The molecule has 27 heavy (non-hydrogen) atoms. The molecule has 0 radical (unpaired) electrons. The van der Waals surface area contributed by atoms with E-state index in [-0.39, 0.29) is 16.9 Å². The highest BCUT2D eigenvalue weighted by atomic mass is 16.3. The molecule has 0 unspecified atom stereocenters. The van der Waals surface area contributed by atoms with Gasteiger partial charge in [-0.1, -0.05) is 49.6 Å². The number of piperidine rings is 2. The van der Waals surface area contributed by atoms with Crippen LogP contribution in [-0.2, 0) is 10.2 Å². The highest BCUT2D eigenvalue weighted by Crippen LogP contribution is 2.44. The summed E-state index contributed by atoms with van der Waals surface area (Å²) in [4.78, 5) is 18.4. The van der Waals surface area contributed by atoms with Crippen LogP contribution in [0.5, 0.6) is 0 Å². The number of benzene rings is 1. The Balaban J connectivity index is 1.62. The molecule has 2 atom stereocenters. The topological polar surface area (TPSA) is 43.8 Å². The van der Waals surface area contributed by atoms with Gasteiger partial charge in [0.25, 0.3) is 0 Å². The van der Waals surface area contributed by atoms with E-state index < -0.39 is 0 Å². The summed E-state index contributed by atoms with van der Waals surface area (Å²) >= 11 is 0. The number of hydrogen-bond acceptors (Lipinski definition) is 3. The van der Waals surface area contributed by atoms with E-state index in [1.165, 1.54) is 12.0 Å². The molecule has 0 aromatic heterocycles. The fourth-order valence-corrected chi connectivity index (χ4v) is 5.95. The lowest BCUT2D eigenvalue weighted by Crippen LogP contribution is -2.61. The number of carbonyl (C=O) groups excluding carboxylic acids is 1. The van der Waals surface area contributed by atoms with Crippen molar-refractivity contribution in [3.63, 3.8) is 0 Å². The van der Waals surface area contributed by atoms with Crippen molar-refractivity contribution in [3.8, 4) is 0 Å². The molecule has 1 aromatic rings. The number of hydrogen-bond donors (Lipinski definition) is 1. The molecule has 1 amide bonds. The Labute approximate surface area is 163 Å². The van der Waals surface area contributed by atoms with Gasteiger partial charge in [-0.2, -0.15) is 0 Å². The first-order valence-corrected chi connectivity index (χ1v) is 10.8. The summed E-state index contributed by atoms with van der Waals surface area (Å²) < 4.78 is 0. The number of rotatable bonds is 2. The van der Waals surface area contributed by atoms with Gasteiger partial charge in [-0.3, -0.25) is 4.79 Å². The van der Waals surface area contributed by atoms with Crippen molar-refractivity contribution in [2.24, 2.45) is 5.41 Å². The number of aliphatic hydroxyl groups excluding tert-OH is 1. The second-order valence-corrected chi connectivity index (χ2v) is 9.24. The zero-order chi connectivity index (χ0) is 18.9. The van der Waals surface area contributed by atoms with Crippen LogP contribution in [-0.4, -0.2) is 60.1 Å². The van der Waals surface area contributed by atoms with Crippen LogP contribution in [0.15, 0.2) is 30.3 Å². The van der Waals surface area contributed by atoms with Gasteiger partial charge >= 0.3 is 0 Å². The summed E-state index contributed by atoms with van der Waals surface area (Å²) in [6.07, 6.45) is 7.97. The normalized spacial score (nSPS) is 31.8. The molecule has 1 N–H and O–H groups in total. The first kappa shape index (κ1) is 18.9. The van der Waals surface area contributed by atoms with Crippen molar-refractivity contribution < 1.29 is 9.90 Å². The van der Waals surface area contributed by atoms with Crippen LogP contribution in [0.3, 0.4) is 0 Å². The maximum Gasteiger partial charge on any atom is 0.233 e. The van der Waals surface area contributed by atoms with Gasteiger partial charge in [-0.15, -0.1) is 0 Å². The summed E-state index contributed by atoms with van der Waals surface area (Å²) in [6, 6.07) is 10.5. The van der Waals surface area contributed by atoms with Gasteiger partial charge in [0.05, 0.1) is 11.5 Å². The number of amides is 1. The van der Waals surface area contributed by atoms with Crippen LogP contribution in [0.2, 0.25) is 0 Å². The first-order valence-electron chi connectivity index (χ1n) is 10.8. The summed E-state index contributed by atoms with van der Waals surface area (Å²) in [6.45, 7) is 3.40. The molecule has 3 aliphatic rings. The van der Waals surface area contributed by atoms with Crippen LogP contribution >= 0.6 is 0 Å². The molecule has 2 heterocycles. The smallest absolute Gasteiger partial charge is 0.233 e. The average Bonchev–Trinajstić information content (AvgIpc) is 2.72.